The third-order valence-electron chi connectivity index (χ3n) is 4.92. The van der Waals surface area contributed by atoms with Crippen LogP contribution in [0.15, 0.2) is 53.5 Å². The molecule has 0 aliphatic carbocycles. The smallest absolute Gasteiger partial charge is 0.246 e. The number of rotatable bonds is 6. The fraction of sp³-hybridized carbons (Fsp3) is 0.364. The molecule has 0 radical (unpaired) electrons. The molecule has 0 bridgehead atoms. The standard InChI is InChI=1S/C22H28N4O2/c1-23-22(24-14-13-18-9-4-6-12-20(18)28-2)25-16-21(27)26-15-7-10-17-8-3-5-11-19(17)26/h3-6,8-9,11-12H,7,10,13-16H2,1-2H3,(H2,23,24,25). The van der Waals surface area contributed by atoms with E-state index in [2.05, 4.69) is 21.7 Å². The van der Waals surface area contributed by atoms with E-state index in [9.17, 15) is 4.79 Å². The van der Waals surface area contributed by atoms with Gasteiger partial charge in [0.15, 0.2) is 5.96 Å². The third-order valence-corrected chi connectivity index (χ3v) is 4.92. The molecule has 0 saturated heterocycles. The Kier molecular flexibility index (Phi) is 6.89. The number of guanidine groups is 1. The lowest BCUT2D eigenvalue weighted by molar-refractivity contribution is -0.117. The van der Waals surface area contributed by atoms with E-state index in [0.717, 1.165) is 42.8 Å². The van der Waals surface area contributed by atoms with Crippen LogP contribution < -0.4 is 20.3 Å². The maximum Gasteiger partial charge on any atom is 0.246 e. The molecule has 0 spiro atoms. The SMILES string of the molecule is CN=C(NCCc1ccccc1OC)NCC(=O)N1CCCc2ccccc21. The Morgan fingerprint density at radius 3 is 2.75 bits per heavy atom. The number of nitrogens with one attached hydrogen (secondary N) is 2. The van der Waals surface area contributed by atoms with Crippen molar-refractivity contribution < 1.29 is 9.53 Å². The summed E-state index contributed by atoms with van der Waals surface area (Å²) < 4.78 is 5.38. The van der Waals surface area contributed by atoms with Gasteiger partial charge in [0.2, 0.25) is 5.91 Å². The summed E-state index contributed by atoms with van der Waals surface area (Å²) in [6.45, 7) is 1.67. The molecule has 1 aliphatic rings. The van der Waals surface area contributed by atoms with Crippen molar-refractivity contribution in [2.45, 2.75) is 19.3 Å². The number of aryl methyl sites for hydroxylation is 1. The highest BCUT2D eigenvalue weighted by Gasteiger charge is 2.21. The second-order valence-electron chi connectivity index (χ2n) is 6.69. The van der Waals surface area contributed by atoms with E-state index in [1.165, 1.54) is 5.56 Å². The Morgan fingerprint density at radius 2 is 1.93 bits per heavy atom. The molecule has 0 aromatic heterocycles. The van der Waals surface area contributed by atoms with E-state index >= 15 is 0 Å². The number of anilines is 1. The largest absolute Gasteiger partial charge is 0.496 e. The first-order valence-electron chi connectivity index (χ1n) is 9.67. The molecule has 0 fully saturated rings. The molecule has 6 nitrogen and oxygen atoms in total. The molecule has 1 amide bonds. The molecule has 0 unspecified atom stereocenters. The highest BCUT2D eigenvalue weighted by atomic mass is 16.5. The van der Waals surface area contributed by atoms with Gasteiger partial charge in [-0.25, -0.2) is 0 Å². The summed E-state index contributed by atoms with van der Waals surface area (Å²) in [7, 11) is 3.39. The van der Waals surface area contributed by atoms with Crippen molar-refractivity contribution in [1.29, 1.82) is 0 Å². The van der Waals surface area contributed by atoms with Crippen molar-refractivity contribution in [3.63, 3.8) is 0 Å². The van der Waals surface area contributed by atoms with Crippen LogP contribution in [0.1, 0.15) is 17.5 Å². The van der Waals surface area contributed by atoms with Crippen molar-refractivity contribution in [3.8, 4) is 5.75 Å². The van der Waals surface area contributed by atoms with Gasteiger partial charge in [-0.3, -0.25) is 9.79 Å². The summed E-state index contributed by atoms with van der Waals surface area (Å²) in [5, 5.41) is 6.39. The number of carbonyl (C=O) groups is 1. The number of para-hydroxylation sites is 2. The molecule has 28 heavy (non-hydrogen) atoms. The summed E-state index contributed by atoms with van der Waals surface area (Å²) in [5.41, 5.74) is 3.40. The highest BCUT2D eigenvalue weighted by molar-refractivity contribution is 5.98. The van der Waals surface area contributed by atoms with E-state index < -0.39 is 0 Å². The number of carbonyl (C=O) groups excluding carboxylic acids is 1. The first kappa shape index (κ1) is 19.7. The summed E-state index contributed by atoms with van der Waals surface area (Å²) in [5.74, 6) is 1.56. The average Bonchev–Trinajstić information content (AvgIpc) is 2.75. The highest BCUT2D eigenvalue weighted by Crippen LogP contribution is 2.26. The lowest BCUT2D eigenvalue weighted by Gasteiger charge is -2.29. The van der Waals surface area contributed by atoms with Crippen LogP contribution in [0.2, 0.25) is 0 Å². The lowest BCUT2D eigenvalue weighted by atomic mass is 10.0. The fourth-order valence-electron chi connectivity index (χ4n) is 3.49. The second kappa shape index (κ2) is 9.78. The number of ether oxygens (including phenoxy) is 1. The minimum Gasteiger partial charge on any atom is -0.496 e. The van der Waals surface area contributed by atoms with Gasteiger partial charge in [0.05, 0.1) is 13.7 Å². The molecule has 1 heterocycles. The van der Waals surface area contributed by atoms with Crippen LogP contribution >= 0.6 is 0 Å². The van der Waals surface area contributed by atoms with E-state index in [4.69, 9.17) is 4.74 Å². The van der Waals surface area contributed by atoms with E-state index in [1.54, 1.807) is 14.2 Å². The molecule has 2 N–H and O–H groups in total. The molecule has 0 atom stereocenters. The fourth-order valence-corrected chi connectivity index (χ4v) is 3.49. The zero-order valence-corrected chi connectivity index (χ0v) is 16.6. The zero-order chi connectivity index (χ0) is 19.8. The minimum atomic E-state index is 0.0554. The van der Waals surface area contributed by atoms with Gasteiger partial charge in [0.25, 0.3) is 0 Å². The molecule has 6 heteroatoms. The Hall–Kier alpha value is -3.02. The van der Waals surface area contributed by atoms with Crippen LogP contribution in [-0.2, 0) is 17.6 Å². The normalized spacial score (nSPS) is 13.6. The van der Waals surface area contributed by atoms with E-state index in [-0.39, 0.29) is 12.5 Å². The van der Waals surface area contributed by atoms with E-state index in [1.807, 2.05) is 47.4 Å². The van der Waals surface area contributed by atoms with Crippen LogP contribution in [0.4, 0.5) is 5.69 Å². The maximum absolute atomic E-state index is 12.7. The van der Waals surface area contributed by atoms with Gasteiger partial charge in [-0.2, -0.15) is 0 Å². The van der Waals surface area contributed by atoms with Gasteiger partial charge >= 0.3 is 0 Å². The second-order valence-corrected chi connectivity index (χ2v) is 6.69. The molecule has 148 valence electrons. The Labute approximate surface area is 166 Å². The summed E-state index contributed by atoms with van der Waals surface area (Å²) >= 11 is 0. The third kappa shape index (κ3) is 4.82. The van der Waals surface area contributed by atoms with Crippen molar-refractivity contribution in [2.75, 3.05) is 38.7 Å². The lowest BCUT2D eigenvalue weighted by Crippen LogP contribution is -2.46. The molecule has 2 aromatic rings. The van der Waals surface area contributed by atoms with Gasteiger partial charge in [0, 0.05) is 25.8 Å². The van der Waals surface area contributed by atoms with Crippen molar-refractivity contribution in [1.82, 2.24) is 10.6 Å². The molecule has 2 aromatic carbocycles. The number of hydrogen-bond donors (Lipinski definition) is 2. The van der Waals surface area contributed by atoms with Crippen LogP contribution in [0.25, 0.3) is 0 Å². The first-order chi connectivity index (χ1) is 13.7. The zero-order valence-electron chi connectivity index (χ0n) is 16.6. The number of aliphatic imine (C=N–C) groups is 1. The van der Waals surface area contributed by atoms with Crippen LogP contribution in [0, 0.1) is 0 Å². The van der Waals surface area contributed by atoms with Gasteiger partial charge in [-0.1, -0.05) is 36.4 Å². The molecular weight excluding hydrogens is 352 g/mol. The Bertz CT molecular complexity index is 835. The Balaban J connectivity index is 1.50. The van der Waals surface area contributed by atoms with Gasteiger partial charge in [0.1, 0.15) is 5.75 Å². The minimum absolute atomic E-state index is 0.0554. The quantitative estimate of drug-likeness (QED) is 0.597. The first-order valence-corrected chi connectivity index (χ1v) is 9.67. The summed E-state index contributed by atoms with van der Waals surface area (Å²) in [4.78, 5) is 18.8. The monoisotopic (exact) mass is 380 g/mol. The van der Waals surface area contributed by atoms with Crippen molar-refractivity contribution >= 4 is 17.6 Å². The number of fused-ring (bicyclic) bond motifs is 1. The molecular formula is C22H28N4O2. The van der Waals surface area contributed by atoms with Crippen molar-refractivity contribution in [3.05, 3.63) is 59.7 Å². The average molecular weight is 380 g/mol. The summed E-state index contributed by atoms with van der Waals surface area (Å²) in [6, 6.07) is 16.1. The predicted molar refractivity (Wildman–Crippen MR) is 113 cm³/mol. The van der Waals surface area contributed by atoms with Crippen LogP contribution in [0.5, 0.6) is 5.75 Å². The number of amides is 1. The molecule has 0 saturated carbocycles. The topological polar surface area (TPSA) is 66.0 Å². The van der Waals surface area contributed by atoms with E-state index in [0.29, 0.717) is 12.5 Å². The van der Waals surface area contributed by atoms with Gasteiger partial charge < -0.3 is 20.3 Å². The van der Waals surface area contributed by atoms with Gasteiger partial charge in [-0.05, 0) is 42.5 Å². The van der Waals surface area contributed by atoms with Crippen molar-refractivity contribution in [2.24, 2.45) is 4.99 Å². The predicted octanol–water partition coefficient (Wildman–Crippen LogP) is 2.38. The number of nitrogens with zero attached hydrogens (tertiary/aromatic N) is 2. The molecule has 1 aliphatic heterocycles. The van der Waals surface area contributed by atoms with Crippen LogP contribution in [-0.4, -0.2) is 45.7 Å². The maximum atomic E-state index is 12.7. The summed E-state index contributed by atoms with van der Waals surface area (Å²) in [6.07, 6.45) is 2.83. The molecule has 3 rings (SSSR count). The number of hydrogen-bond acceptors (Lipinski definition) is 3. The Morgan fingerprint density at radius 1 is 1.14 bits per heavy atom. The van der Waals surface area contributed by atoms with Gasteiger partial charge in [-0.15, -0.1) is 0 Å². The number of methoxy groups -OCH3 is 1. The number of benzene rings is 2. The van der Waals surface area contributed by atoms with Crippen LogP contribution in [0.3, 0.4) is 0 Å².